The van der Waals surface area contributed by atoms with Crippen molar-refractivity contribution < 1.29 is 4.74 Å². The number of rotatable bonds is 5. The summed E-state index contributed by atoms with van der Waals surface area (Å²) < 4.78 is 8.26. The summed E-state index contributed by atoms with van der Waals surface area (Å²) >= 11 is 5.18. The fourth-order valence-electron chi connectivity index (χ4n) is 1.73. The lowest BCUT2D eigenvalue weighted by Crippen LogP contribution is -2.03. The molecule has 6 heteroatoms. The van der Waals surface area contributed by atoms with E-state index in [-0.39, 0.29) is 6.10 Å². The first-order valence-electron chi connectivity index (χ1n) is 6.21. The lowest BCUT2D eigenvalue weighted by atomic mass is 10.1. The van der Waals surface area contributed by atoms with E-state index >= 15 is 0 Å². The maximum atomic E-state index is 5.27. The molecule has 0 saturated heterocycles. The van der Waals surface area contributed by atoms with Crippen LogP contribution in [-0.4, -0.2) is 21.9 Å². The largest absolute Gasteiger partial charge is 0.375 e. The summed E-state index contributed by atoms with van der Waals surface area (Å²) in [5.41, 5.74) is 2.11. The Hall–Kier alpha value is -0.720. The highest BCUT2D eigenvalue weighted by Gasteiger charge is 2.13. The second kappa shape index (κ2) is 6.15. The SMILES string of the molecule is CO[C@@H](C)c1nc(Cn2cc(Br)c(C(C)C)n2)cs1. The van der Waals surface area contributed by atoms with Crippen molar-refractivity contribution in [2.45, 2.75) is 39.3 Å². The van der Waals surface area contributed by atoms with Crippen LogP contribution in [-0.2, 0) is 11.3 Å². The molecule has 0 aliphatic heterocycles. The van der Waals surface area contributed by atoms with Crippen LogP contribution in [0.15, 0.2) is 16.0 Å². The van der Waals surface area contributed by atoms with Gasteiger partial charge in [-0.2, -0.15) is 5.10 Å². The third-order valence-corrected chi connectivity index (χ3v) is 4.55. The zero-order valence-electron chi connectivity index (χ0n) is 11.6. The van der Waals surface area contributed by atoms with Crippen molar-refractivity contribution in [3.63, 3.8) is 0 Å². The van der Waals surface area contributed by atoms with Crippen molar-refractivity contribution in [1.82, 2.24) is 14.8 Å². The standard InChI is InChI=1S/C13H18BrN3OS/c1-8(2)12-11(14)6-17(16-12)5-10-7-19-13(15-10)9(3)18-4/h6-9H,5H2,1-4H3/t9-/m0/s1. The summed E-state index contributed by atoms with van der Waals surface area (Å²) in [4.78, 5) is 4.58. The van der Waals surface area contributed by atoms with Crippen LogP contribution in [0.25, 0.3) is 0 Å². The Morgan fingerprint density at radius 3 is 2.74 bits per heavy atom. The number of hydrogen-bond acceptors (Lipinski definition) is 4. The summed E-state index contributed by atoms with van der Waals surface area (Å²) in [5, 5.41) is 7.65. The van der Waals surface area contributed by atoms with Gasteiger partial charge in [-0.3, -0.25) is 4.68 Å². The molecule has 2 aromatic rings. The molecule has 0 unspecified atom stereocenters. The molecule has 104 valence electrons. The molecule has 1 atom stereocenters. The van der Waals surface area contributed by atoms with Gasteiger partial charge in [-0.25, -0.2) is 4.98 Å². The van der Waals surface area contributed by atoms with E-state index in [1.165, 1.54) is 0 Å². The topological polar surface area (TPSA) is 39.9 Å². The molecule has 4 nitrogen and oxygen atoms in total. The Morgan fingerprint density at radius 1 is 1.42 bits per heavy atom. The van der Waals surface area contributed by atoms with Crippen LogP contribution < -0.4 is 0 Å². The summed E-state index contributed by atoms with van der Waals surface area (Å²) in [6.07, 6.45) is 2.06. The summed E-state index contributed by atoms with van der Waals surface area (Å²) in [7, 11) is 1.70. The fraction of sp³-hybridized carbons (Fsp3) is 0.538. The molecule has 19 heavy (non-hydrogen) atoms. The summed E-state index contributed by atoms with van der Waals surface area (Å²) in [5.74, 6) is 0.412. The van der Waals surface area contributed by atoms with E-state index in [4.69, 9.17) is 4.74 Å². The Morgan fingerprint density at radius 2 is 2.16 bits per heavy atom. The molecule has 0 bridgehead atoms. The van der Waals surface area contributed by atoms with E-state index in [9.17, 15) is 0 Å². The molecular weight excluding hydrogens is 326 g/mol. The van der Waals surface area contributed by atoms with Crippen LogP contribution in [0.2, 0.25) is 0 Å². The van der Waals surface area contributed by atoms with Crippen molar-refractivity contribution in [2.75, 3.05) is 7.11 Å². The van der Waals surface area contributed by atoms with E-state index in [1.54, 1.807) is 18.4 Å². The quantitative estimate of drug-likeness (QED) is 0.824. The molecule has 0 fully saturated rings. The first-order chi connectivity index (χ1) is 9.01. The van der Waals surface area contributed by atoms with E-state index in [2.05, 4.69) is 45.2 Å². The van der Waals surface area contributed by atoms with Gasteiger partial charge in [0.15, 0.2) is 0 Å². The molecule has 0 N–H and O–H groups in total. The normalized spacial score (nSPS) is 13.2. The molecule has 0 aliphatic rings. The zero-order valence-corrected chi connectivity index (χ0v) is 14.0. The average molecular weight is 344 g/mol. The van der Waals surface area contributed by atoms with Crippen molar-refractivity contribution in [3.8, 4) is 0 Å². The third-order valence-electron chi connectivity index (χ3n) is 2.88. The van der Waals surface area contributed by atoms with Gasteiger partial charge in [-0.1, -0.05) is 13.8 Å². The number of aromatic nitrogens is 3. The Kier molecular flexibility index (Phi) is 4.76. The minimum absolute atomic E-state index is 0.0503. The zero-order chi connectivity index (χ0) is 14.0. The van der Waals surface area contributed by atoms with E-state index in [0.717, 1.165) is 20.9 Å². The minimum atomic E-state index is 0.0503. The summed E-state index contributed by atoms with van der Waals surface area (Å²) in [6.45, 7) is 6.97. The van der Waals surface area contributed by atoms with Crippen LogP contribution in [0.3, 0.4) is 0 Å². The molecule has 2 rings (SSSR count). The van der Waals surface area contributed by atoms with Crippen molar-refractivity contribution in [3.05, 3.63) is 32.4 Å². The van der Waals surface area contributed by atoms with Gasteiger partial charge >= 0.3 is 0 Å². The summed E-state index contributed by atoms with van der Waals surface area (Å²) in [6, 6.07) is 0. The van der Waals surface area contributed by atoms with Crippen LogP contribution in [0.1, 0.15) is 49.2 Å². The van der Waals surface area contributed by atoms with Crippen LogP contribution in [0, 0.1) is 0 Å². The second-order valence-corrected chi connectivity index (χ2v) is 6.51. The van der Waals surface area contributed by atoms with E-state index < -0.39 is 0 Å². The smallest absolute Gasteiger partial charge is 0.122 e. The lowest BCUT2D eigenvalue weighted by molar-refractivity contribution is 0.119. The highest BCUT2D eigenvalue weighted by atomic mass is 79.9. The van der Waals surface area contributed by atoms with Gasteiger partial charge in [-0.15, -0.1) is 11.3 Å². The third kappa shape index (κ3) is 3.43. The lowest BCUT2D eigenvalue weighted by Gasteiger charge is -2.04. The molecule has 0 radical (unpaired) electrons. The number of ether oxygens (including phenoxy) is 1. The second-order valence-electron chi connectivity index (χ2n) is 4.77. The molecule has 0 aliphatic carbocycles. The average Bonchev–Trinajstić information content (AvgIpc) is 2.95. The molecule has 0 saturated carbocycles. The van der Waals surface area contributed by atoms with Gasteiger partial charge in [0.05, 0.1) is 22.4 Å². The van der Waals surface area contributed by atoms with Crippen molar-refractivity contribution >= 4 is 27.3 Å². The Balaban J connectivity index is 2.13. The number of hydrogen-bond donors (Lipinski definition) is 0. The monoisotopic (exact) mass is 343 g/mol. The van der Waals surface area contributed by atoms with Gasteiger partial charge in [0.25, 0.3) is 0 Å². The fourth-order valence-corrected chi connectivity index (χ4v) is 3.35. The number of thiazole rings is 1. The maximum absolute atomic E-state index is 5.27. The molecular formula is C13H18BrN3OS. The van der Waals surface area contributed by atoms with Crippen molar-refractivity contribution in [1.29, 1.82) is 0 Å². The Labute approximate surface area is 125 Å². The van der Waals surface area contributed by atoms with Gasteiger partial charge in [0.2, 0.25) is 0 Å². The van der Waals surface area contributed by atoms with Gasteiger partial charge in [0.1, 0.15) is 11.1 Å². The predicted molar refractivity (Wildman–Crippen MR) is 80.7 cm³/mol. The first-order valence-corrected chi connectivity index (χ1v) is 7.88. The van der Waals surface area contributed by atoms with E-state index in [0.29, 0.717) is 12.5 Å². The highest BCUT2D eigenvalue weighted by Crippen LogP contribution is 2.24. The van der Waals surface area contributed by atoms with Crippen molar-refractivity contribution in [2.24, 2.45) is 0 Å². The first kappa shape index (κ1) is 14.7. The van der Waals surface area contributed by atoms with Gasteiger partial charge < -0.3 is 4.74 Å². The highest BCUT2D eigenvalue weighted by molar-refractivity contribution is 9.10. The van der Waals surface area contributed by atoms with Crippen LogP contribution in [0.4, 0.5) is 0 Å². The molecule has 0 spiro atoms. The number of halogens is 1. The molecule has 2 heterocycles. The Bertz CT molecular complexity index is 550. The van der Waals surface area contributed by atoms with Gasteiger partial charge in [0, 0.05) is 18.7 Å². The van der Waals surface area contributed by atoms with Crippen LogP contribution >= 0.6 is 27.3 Å². The molecule has 0 amide bonds. The maximum Gasteiger partial charge on any atom is 0.122 e. The van der Waals surface area contributed by atoms with E-state index in [1.807, 2.05) is 17.8 Å². The molecule has 2 aromatic heterocycles. The predicted octanol–water partition coefficient (Wildman–Crippen LogP) is 3.98. The minimum Gasteiger partial charge on any atom is -0.375 e. The van der Waals surface area contributed by atoms with Crippen LogP contribution in [0.5, 0.6) is 0 Å². The molecule has 0 aromatic carbocycles. The number of nitrogens with zero attached hydrogens (tertiary/aromatic N) is 3. The van der Waals surface area contributed by atoms with Gasteiger partial charge in [-0.05, 0) is 28.8 Å². The number of methoxy groups -OCH3 is 1.